The van der Waals surface area contributed by atoms with E-state index in [2.05, 4.69) is 0 Å². The summed E-state index contributed by atoms with van der Waals surface area (Å²) in [6.07, 6.45) is 0. The lowest BCUT2D eigenvalue weighted by atomic mass is 10.2. The monoisotopic (exact) mass is 230 g/mol. The molecule has 0 spiro atoms. The van der Waals surface area contributed by atoms with Crippen molar-refractivity contribution in [3.05, 3.63) is 59.7 Å². The van der Waals surface area contributed by atoms with Crippen LogP contribution in [0.3, 0.4) is 0 Å². The molecule has 2 aromatic rings. The minimum Gasteiger partial charge on any atom is -0.299 e. The molecule has 0 N–H and O–H groups in total. The zero-order chi connectivity index (χ0) is 12.1. The Morgan fingerprint density at radius 1 is 0.706 bits per heavy atom. The van der Waals surface area contributed by atoms with E-state index >= 15 is 0 Å². The molecule has 3 heteroatoms. The van der Waals surface area contributed by atoms with Crippen molar-refractivity contribution in [3.8, 4) is 11.5 Å². The Balaban J connectivity index is 1.87. The number of rotatable bonds is 4. The first-order valence-corrected chi connectivity index (χ1v) is 5.38. The van der Waals surface area contributed by atoms with Crippen LogP contribution < -0.4 is 9.78 Å². The van der Waals surface area contributed by atoms with Gasteiger partial charge in [-0.2, -0.15) is 0 Å². The number of hydrogen-bond donors (Lipinski definition) is 0. The Bertz CT molecular complexity index is 449. The second-order valence-corrected chi connectivity index (χ2v) is 3.87. The van der Waals surface area contributed by atoms with E-state index in [-0.39, 0.29) is 0 Å². The van der Waals surface area contributed by atoms with Crippen molar-refractivity contribution in [1.82, 2.24) is 0 Å². The minimum atomic E-state index is 0.609. The summed E-state index contributed by atoms with van der Waals surface area (Å²) in [5, 5.41) is 4.72. The number of benzene rings is 2. The topological polar surface area (TPSA) is 27.7 Å². The third kappa shape index (κ3) is 3.50. The van der Waals surface area contributed by atoms with E-state index in [0.29, 0.717) is 11.5 Å². The number of aryl methyl sites for hydroxylation is 2. The summed E-state index contributed by atoms with van der Waals surface area (Å²) in [6, 6.07) is 15.1. The molecule has 2 rings (SSSR count). The molecular weight excluding hydrogens is 216 g/mol. The van der Waals surface area contributed by atoms with E-state index in [9.17, 15) is 0 Å². The molecule has 0 saturated carbocycles. The molecule has 0 atom stereocenters. The highest BCUT2D eigenvalue weighted by Crippen LogP contribution is 2.15. The summed E-state index contributed by atoms with van der Waals surface area (Å²) >= 11 is 0. The fourth-order valence-corrected chi connectivity index (χ4v) is 1.43. The molecule has 0 saturated heterocycles. The highest BCUT2D eigenvalue weighted by molar-refractivity contribution is 5.27. The molecule has 0 bridgehead atoms. The van der Waals surface area contributed by atoms with Crippen molar-refractivity contribution in [1.29, 1.82) is 0 Å². The van der Waals surface area contributed by atoms with Gasteiger partial charge in [0.05, 0.1) is 0 Å². The molecule has 0 aromatic heterocycles. The molecule has 3 nitrogen and oxygen atoms in total. The summed E-state index contributed by atoms with van der Waals surface area (Å²) in [5.41, 5.74) is 2.20. The van der Waals surface area contributed by atoms with Crippen molar-refractivity contribution in [2.24, 2.45) is 0 Å². The Labute approximate surface area is 100 Å². The standard InChI is InChI=1S/C14H14O3/c1-11-5-3-7-13(9-11)15-17-16-14-8-4-6-12(2)10-14/h3-10H,1-2H3. The maximum Gasteiger partial charge on any atom is 0.169 e. The summed E-state index contributed by atoms with van der Waals surface area (Å²) in [5.74, 6) is 1.22. The summed E-state index contributed by atoms with van der Waals surface area (Å²) in [6.45, 7) is 3.96. The van der Waals surface area contributed by atoms with Crippen molar-refractivity contribution in [2.45, 2.75) is 13.8 Å². The molecule has 2 aromatic carbocycles. The molecule has 88 valence electrons. The molecule has 0 aliphatic heterocycles. The van der Waals surface area contributed by atoms with Gasteiger partial charge in [0, 0.05) is 5.04 Å². The first kappa shape index (κ1) is 11.5. The molecule has 0 radical (unpaired) electrons. The second kappa shape index (κ2) is 5.37. The van der Waals surface area contributed by atoms with Crippen LogP contribution in [0.1, 0.15) is 11.1 Å². The van der Waals surface area contributed by atoms with Crippen LogP contribution in [0.4, 0.5) is 0 Å². The fourth-order valence-electron chi connectivity index (χ4n) is 1.43. The van der Waals surface area contributed by atoms with Crippen LogP contribution in [-0.4, -0.2) is 0 Å². The maximum absolute atomic E-state index is 5.01. The summed E-state index contributed by atoms with van der Waals surface area (Å²) in [7, 11) is 0. The predicted octanol–water partition coefficient (Wildman–Crippen LogP) is 3.61. The summed E-state index contributed by atoms with van der Waals surface area (Å²) < 4.78 is 0. The van der Waals surface area contributed by atoms with Gasteiger partial charge in [0.2, 0.25) is 0 Å². The van der Waals surface area contributed by atoms with Crippen LogP contribution >= 0.6 is 0 Å². The van der Waals surface area contributed by atoms with Gasteiger partial charge in [-0.25, -0.2) is 0 Å². The smallest absolute Gasteiger partial charge is 0.169 e. The van der Waals surface area contributed by atoms with Crippen molar-refractivity contribution < 1.29 is 14.8 Å². The first-order chi connectivity index (χ1) is 8.24. The average Bonchev–Trinajstić information content (AvgIpc) is 2.29. The third-order valence-electron chi connectivity index (χ3n) is 2.24. The van der Waals surface area contributed by atoms with Crippen LogP contribution in [0.2, 0.25) is 0 Å². The molecule has 0 aliphatic rings. The lowest BCUT2D eigenvalue weighted by Gasteiger charge is -2.05. The lowest BCUT2D eigenvalue weighted by Crippen LogP contribution is -2.02. The Morgan fingerprint density at radius 3 is 1.59 bits per heavy atom. The van der Waals surface area contributed by atoms with E-state index < -0.39 is 0 Å². The molecule has 0 amide bonds. The van der Waals surface area contributed by atoms with Gasteiger partial charge in [-0.3, -0.25) is 9.78 Å². The van der Waals surface area contributed by atoms with Crippen LogP contribution in [0.15, 0.2) is 48.5 Å². The van der Waals surface area contributed by atoms with Crippen LogP contribution in [0.5, 0.6) is 11.5 Å². The van der Waals surface area contributed by atoms with E-state index in [1.807, 2.05) is 50.2 Å². The van der Waals surface area contributed by atoms with Crippen molar-refractivity contribution in [2.75, 3.05) is 0 Å². The van der Waals surface area contributed by atoms with Gasteiger partial charge < -0.3 is 0 Å². The van der Waals surface area contributed by atoms with Gasteiger partial charge in [0.15, 0.2) is 11.5 Å². The molecular formula is C14H14O3. The normalized spacial score (nSPS) is 10.0. The quantitative estimate of drug-likeness (QED) is 0.593. The second-order valence-electron chi connectivity index (χ2n) is 3.87. The largest absolute Gasteiger partial charge is 0.299 e. The maximum atomic E-state index is 5.01. The SMILES string of the molecule is Cc1cccc(OOOc2cccc(C)c2)c1. The van der Waals surface area contributed by atoms with Gasteiger partial charge in [-0.05, 0) is 49.2 Å². The van der Waals surface area contributed by atoms with Gasteiger partial charge in [-0.15, -0.1) is 0 Å². The highest BCUT2D eigenvalue weighted by atomic mass is 17.5. The van der Waals surface area contributed by atoms with E-state index in [0.717, 1.165) is 11.1 Å². The van der Waals surface area contributed by atoms with Crippen molar-refractivity contribution >= 4 is 0 Å². The lowest BCUT2D eigenvalue weighted by molar-refractivity contribution is -0.411. The molecule has 0 heterocycles. The van der Waals surface area contributed by atoms with Crippen molar-refractivity contribution in [3.63, 3.8) is 0 Å². The van der Waals surface area contributed by atoms with Crippen LogP contribution in [0, 0.1) is 13.8 Å². The first-order valence-electron chi connectivity index (χ1n) is 5.38. The van der Waals surface area contributed by atoms with Crippen LogP contribution in [0.25, 0.3) is 0 Å². The zero-order valence-corrected chi connectivity index (χ0v) is 9.84. The van der Waals surface area contributed by atoms with Gasteiger partial charge in [0.1, 0.15) is 0 Å². The zero-order valence-electron chi connectivity index (χ0n) is 9.84. The van der Waals surface area contributed by atoms with Gasteiger partial charge >= 0.3 is 0 Å². The Hall–Kier alpha value is -2.00. The van der Waals surface area contributed by atoms with Crippen LogP contribution in [-0.2, 0) is 5.04 Å². The van der Waals surface area contributed by atoms with E-state index in [1.165, 1.54) is 0 Å². The predicted molar refractivity (Wildman–Crippen MR) is 64.7 cm³/mol. The Kier molecular flexibility index (Phi) is 3.62. The minimum absolute atomic E-state index is 0.609. The summed E-state index contributed by atoms with van der Waals surface area (Å²) in [4.78, 5) is 10.0. The number of hydrogen-bond acceptors (Lipinski definition) is 3. The fraction of sp³-hybridized carbons (Fsp3) is 0.143. The molecule has 0 fully saturated rings. The molecule has 17 heavy (non-hydrogen) atoms. The average molecular weight is 230 g/mol. The Morgan fingerprint density at radius 2 is 1.18 bits per heavy atom. The highest BCUT2D eigenvalue weighted by Gasteiger charge is 1.98. The third-order valence-corrected chi connectivity index (χ3v) is 2.24. The van der Waals surface area contributed by atoms with E-state index in [1.54, 1.807) is 12.1 Å². The molecule has 0 unspecified atom stereocenters. The van der Waals surface area contributed by atoms with Gasteiger partial charge in [0.25, 0.3) is 0 Å². The van der Waals surface area contributed by atoms with Gasteiger partial charge in [-0.1, -0.05) is 24.3 Å². The van der Waals surface area contributed by atoms with E-state index in [4.69, 9.17) is 14.8 Å². The molecule has 0 aliphatic carbocycles.